The van der Waals surface area contributed by atoms with Crippen LogP contribution in [0.1, 0.15) is 0 Å². The van der Waals surface area contributed by atoms with Crippen LogP contribution >= 0.6 is 0 Å². The third-order valence-corrected chi connectivity index (χ3v) is 1.49. The average Bonchev–Trinajstić information content (AvgIpc) is 2.16. The Labute approximate surface area is 72.7 Å². The molecule has 3 nitrogen and oxygen atoms in total. The highest BCUT2D eigenvalue weighted by Crippen LogP contribution is 2.07. The van der Waals surface area contributed by atoms with E-state index in [9.17, 15) is 0 Å². The van der Waals surface area contributed by atoms with Crippen molar-refractivity contribution in [2.24, 2.45) is 4.99 Å². The minimum absolute atomic E-state index is 0.958. The molecule has 1 aromatic rings. The molecule has 0 aliphatic rings. The first-order chi connectivity index (χ1) is 5.83. The zero-order valence-corrected chi connectivity index (χ0v) is 7.36. The monoisotopic (exact) mass is 163 g/mol. The zero-order valence-electron chi connectivity index (χ0n) is 7.36. The van der Waals surface area contributed by atoms with E-state index in [1.165, 1.54) is 0 Å². The Kier molecular flexibility index (Phi) is 3.29. The molecule has 1 N–H and O–H groups in total. The number of nitrogens with one attached hydrogen (secondary N) is 1. The number of hydrogen-bond donors (Lipinski definition) is 1. The smallest absolute Gasteiger partial charge is 0.105 e. The lowest BCUT2D eigenvalue weighted by atomic mass is 10.3. The first-order valence-corrected chi connectivity index (χ1v) is 3.82. The Morgan fingerprint density at radius 1 is 1.33 bits per heavy atom. The number of nitrogens with zero attached hydrogens (tertiary/aromatic N) is 2. The van der Waals surface area contributed by atoms with Crippen LogP contribution in [0.3, 0.4) is 0 Å². The van der Waals surface area contributed by atoms with Gasteiger partial charge in [-0.2, -0.15) is 0 Å². The number of para-hydroxylation sites is 1. The summed E-state index contributed by atoms with van der Waals surface area (Å²) in [5.41, 5.74) is 3.88. The van der Waals surface area contributed by atoms with E-state index in [-0.39, 0.29) is 0 Å². The Morgan fingerprint density at radius 2 is 2.00 bits per heavy atom. The molecule has 0 saturated carbocycles. The molecule has 0 amide bonds. The summed E-state index contributed by atoms with van der Waals surface area (Å²) in [6, 6.07) is 9.82. The van der Waals surface area contributed by atoms with Crippen LogP contribution in [-0.4, -0.2) is 25.4 Å². The minimum Gasteiger partial charge on any atom is -0.302 e. The standard InChI is InChI=1S/C9H13N3/c1-10-12(2)8-11-9-6-4-3-5-7-9/h3-8,10H,1-2H3. The Morgan fingerprint density at radius 3 is 2.58 bits per heavy atom. The quantitative estimate of drug-likeness (QED) is 0.414. The predicted molar refractivity (Wildman–Crippen MR) is 51.4 cm³/mol. The molecule has 0 bridgehead atoms. The largest absolute Gasteiger partial charge is 0.302 e. The highest BCUT2D eigenvalue weighted by Gasteiger charge is 1.84. The van der Waals surface area contributed by atoms with Crippen LogP contribution in [-0.2, 0) is 0 Å². The summed E-state index contributed by atoms with van der Waals surface area (Å²) in [6.45, 7) is 0. The zero-order chi connectivity index (χ0) is 8.81. The lowest BCUT2D eigenvalue weighted by Gasteiger charge is -2.08. The van der Waals surface area contributed by atoms with Crippen molar-refractivity contribution in [3.05, 3.63) is 30.3 Å². The molecule has 0 spiro atoms. The fourth-order valence-electron chi connectivity index (χ4n) is 0.725. The van der Waals surface area contributed by atoms with Crippen LogP contribution in [0, 0.1) is 0 Å². The van der Waals surface area contributed by atoms with Crippen LogP contribution in [0.5, 0.6) is 0 Å². The normalized spacial score (nSPS) is 10.5. The fraction of sp³-hybridized carbons (Fsp3) is 0.222. The third kappa shape index (κ3) is 2.72. The molecule has 12 heavy (non-hydrogen) atoms. The van der Waals surface area contributed by atoms with Crippen LogP contribution in [0.15, 0.2) is 35.3 Å². The summed E-state index contributed by atoms with van der Waals surface area (Å²) in [7, 11) is 3.74. The van der Waals surface area contributed by atoms with Gasteiger partial charge in [0.1, 0.15) is 6.34 Å². The number of aliphatic imine (C=N–C) groups is 1. The lowest BCUT2D eigenvalue weighted by Crippen LogP contribution is -2.28. The van der Waals surface area contributed by atoms with Crippen LogP contribution in [0.4, 0.5) is 5.69 Å². The summed E-state index contributed by atoms with van der Waals surface area (Å²) >= 11 is 0. The molecule has 0 radical (unpaired) electrons. The van der Waals surface area contributed by atoms with Gasteiger partial charge in [0.05, 0.1) is 5.69 Å². The molecule has 64 valence electrons. The van der Waals surface area contributed by atoms with Crippen molar-refractivity contribution < 1.29 is 0 Å². The highest BCUT2D eigenvalue weighted by molar-refractivity contribution is 5.60. The molecule has 1 rings (SSSR count). The van der Waals surface area contributed by atoms with E-state index in [0.717, 1.165) is 5.69 Å². The van der Waals surface area contributed by atoms with Gasteiger partial charge in [-0.1, -0.05) is 18.2 Å². The molecule has 0 saturated heterocycles. The van der Waals surface area contributed by atoms with E-state index in [0.29, 0.717) is 0 Å². The molecule has 0 atom stereocenters. The Balaban J connectivity index is 2.58. The average molecular weight is 163 g/mol. The molecule has 0 aliphatic carbocycles. The first-order valence-electron chi connectivity index (χ1n) is 3.82. The molecule has 0 aromatic heterocycles. The predicted octanol–water partition coefficient (Wildman–Crippen LogP) is 1.41. The van der Waals surface area contributed by atoms with Gasteiger partial charge in [-0.15, -0.1) is 0 Å². The van der Waals surface area contributed by atoms with Crippen molar-refractivity contribution >= 4 is 12.0 Å². The van der Waals surface area contributed by atoms with Gasteiger partial charge in [0.25, 0.3) is 0 Å². The summed E-state index contributed by atoms with van der Waals surface area (Å²) in [5, 5.41) is 1.78. The Hall–Kier alpha value is -1.35. The van der Waals surface area contributed by atoms with Gasteiger partial charge in [0.2, 0.25) is 0 Å². The van der Waals surface area contributed by atoms with E-state index in [1.54, 1.807) is 11.3 Å². The van der Waals surface area contributed by atoms with E-state index in [1.807, 2.05) is 44.4 Å². The van der Waals surface area contributed by atoms with Gasteiger partial charge in [0, 0.05) is 14.1 Å². The van der Waals surface area contributed by atoms with Gasteiger partial charge < -0.3 is 5.01 Å². The minimum atomic E-state index is 0.958. The van der Waals surface area contributed by atoms with Crippen molar-refractivity contribution in [3.63, 3.8) is 0 Å². The van der Waals surface area contributed by atoms with Crippen molar-refractivity contribution in [3.8, 4) is 0 Å². The van der Waals surface area contributed by atoms with Crippen molar-refractivity contribution in [2.75, 3.05) is 14.1 Å². The van der Waals surface area contributed by atoms with E-state index in [2.05, 4.69) is 10.4 Å². The second kappa shape index (κ2) is 4.51. The van der Waals surface area contributed by atoms with Gasteiger partial charge in [0.15, 0.2) is 0 Å². The Bertz CT molecular complexity index is 243. The molecule has 0 unspecified atom stereocenters. The van der Waals surface area contributed by atoms with E-state index < -0.39 is 0 Å². The van der Waals surface area contributed by atoms with E-state index in [4.69, 9.17) is 0 Å². The summed E-state index contributed by atoms with van der Waals surface area (Å²) in [4.78, 5) is 4.22. The van der Waals surface area contributed by atoms with Crippen molar-refractivity contribution in [1.82, 2.24) is 10.4 Å². The molecular weight excluding hydrogens is 150 g/mol. The van der Waals surface area contributed by atoms with Gasteiger partial charge in [-0.3, -0.25) is 0 Å². The maximum Gasteiger partial charge on any atom is 0.105 e. The first kappa shape index (κ1) is 8.74. The lowest BCUT2D eigenvalue weighted by molar-refractivity contribution is 0.422. The topological polar surface area (TPSA) is 27.6 Å². The second-order valence-corrected chi connectivity index (χ2v) is 2.41. The molecule has 0 fully saturated rings. The maximum atomic E-state index is 4.22. The van der Waals surface area contributed by atoms with Crippen LogP contribution < -0.4 is 5.43 Å². The number of hydrogen-bond acceptors (Lipinski definition) is 2. The summed E-state index contributed by atoms with van der Waals surface area (Å²) in [5.74, 6) is 0. The summed E-state index contributed by atoms with van der Waals surface area (Å²) < 4.78 is 0. The van der Waals surface area contributed by atoms with Crippen molar-refractivity contribution in [1.29, 1.82) is 0 Å². The molecule has 0 heterocycles. The molecule has 1 aromatic carbocycles. The second-order valence-electron chi connectivity index (χ2n) is 2.41. The number of benzene rings is 1. The fourth-order valence-corrected chi connectivity index (χ4v) is 0.725. The third-order valence-electron chi connectivity index (χ3n) is 1.49. The van der Waals surface area contributed by atoms with E-state index >= 15 is 0 Å². The van der Waals surface area contributed by atoms with Gasteiger partial charge in [-0.25, -0.2) is 10.4 Å². The SMILES string of the molecule is CNN(C)C=Nc1ccccc1. The number of hydrazine groups is 1. The van der Waals surface area contributed by atoms with Crippen LogP contribution in [0.2, 0.25) is 0 Å². The number of rotatable bonds is 3. The molecular formula is C9H13N3. The molecule has 0 aliphatic heterocycles. The molecule has 3 heteroatoms. The van der Waals surface area contributed by atoms with Gasteiger partial charge >= 0.3 is 0 Å². The summed E-state index contributed by atoms with van der Waals surface area (Å²) in [6.07, 6.45) is 1.73. The maximum absolute atomic E-state index is 4.22. The van der Waals surface area contributed by atoms with Crippen molar-refractivity contribution in [2.45, 2.75) is 0 Å². The van der Waals surface area contributed by atoms with Gasteiger partial charge in [-0.05, 0) is 12.1 Å². The highest BCUT2D eigenvalue weighted by atomic mass is 15.5. The van der Waals surface area contributed by atoms with Crippen LogP contribution in [0.25, 0.3) is 0 Å².